The molecule has 1 aliphatic carbocycles. The molecule has 10 heteroatoms. The fourth-order valence-electron chi connectivity index (χ4n) is 3.69. The number of guanidine groups is 1. The molecule has 3 atom stereocenters. The van der Waals surface area contributed by atoms with Gasteiger partial charge in [-0.1, -0.05) is 48.0 Å². The number of benzene rings is 2. The van der Waals surface area contributed by atoms with E-state index in [1.165, 1.54) is 0 Å². The molecule has 2 aromatic rings. The predicted octanol–water partition coefficient (Wildman–Crippen LogP) is 5.24. The Balaban J connectivity index is 1.81. The van der Waals surface area contributed by atoms with Gasteiger partial charge in [-0.15, -0.1) is 11.6 Å². The first kappa shape index (κ1) is 23.7. The van der Waals surface area contributed by atoms with Crippen LogP contribution in [-0.2, 0) is 0 Å². The quantitative estimate of drug-likeness (QED) is 0.123. The number of nitrogens with two attached hydrogens (primary N) is 2. The zero-order valence-corrected chi connectivity index (χ0v) is 19.7. The van der Waals surface area contributed by atoms with Crippen LogP contribution in [-0.4, -0.2) is 10.8 Å². The van der Waals surface area contributed by atoms with Gasteiger partial charge in [0.15, 0.2) is 0 Å². The van der Waals surface area contributed by atoms with E-state index in [0.717, 1.165) is 16.9 Å². The first-order chi connectivity index (χ1) is 14.6. The molecule has 0 spiro atoms. The monoisotopic (exact) mass is 498 g/mol. The van der Waals surface area contributed by atoms with Crippen LogP contribution in [0.3, 0.4) is 0 Å². The maximum atomic E-state index is 6.79. The standard InChI is InChI=1S/C21H22Cl4N6/c1-10(29-20(30-26)31-27)16-9-15(4-5-17(16)24)28-11(2)18-19(21(18,3)25)12-6-13(22)8-14(23)7-12/h4-9,18-19,28H,1-2,26-27H2,3H3,(H2,29,30,31). The second-order valence-electron chi connectivity index (χ2n) is 7.35. The van der Waals surface area contributed by atoms with E-state index in [1.807, 2.05) is 31.2 Å². The minimum absolute atomic E-state index is 0.0190. The number of hydrazine groups is 2. The Hall–Kier alpha value is -1.93. The number of nitrogens with zero attached hydrogens (tertiary/aromatic N) is 1. The molecule has 2 aromatic carbocycles. The molecule has 6 nitrogen and oxygen atoms in total. The van der Waals surface area contributed by atoms with E-state index >= 15 is 0 Å². The summed E-state index contributed by atoms with van der Waals surface area (Å²) in [7, 11) is 0. The van der Waals surface area contributed by atoms with Crippen LogP contribution in [0.25, 0.3) is 5.70 Å². The van der Waals surface area contributed by atoms with Gasteiger partial charge >= 0.3 is 0 Å². The summed E-state index contributed by atoms with van der Waals surface area (Å²) >= 11 is 25.5. The lowest BCUT2D eigenvalue weighted by Gasteiger charge is -2.13. The van der Waals surface area contributed by atoms with Crippen LogP contribution in [0.1, 0.15) is 24.0 Å². The summed E-state index contributed by atoms with van der Waals surface area (Å²) < 4.78 is 0. The van der Waals surface area contributed by atoms with Crippen molar-refractivity contribution in [3.05, 3.63) is 81.4 Å². The molecule has 3 unspecified atom stereocenters. The van der Waals surface area contributed by atoms with E-state index in [1.54, 1.807) is 12.1 Å². The summed E-state index contributed by atoms with van der Waals surface area (Å²) in [5.74, 6) is 10.8. The smallest absolute Gasteiger partial charge is 0.225 e. The van der Waals surface area contributed by atoms with Gasteiger partial charge < -0.3 is 5.32 Å². The third-order valence-electron chi connectivity index (χ3n) is 5.16. The van der Waals surface area contributed by atoms with Gasteiger partial charge in [-0.3, -0.25) is 10.9 Å². The van der Waals surface area contributed by atoms with Crippen LogP contribution in [0.5, 0.6) is 0 Å². The van der Waals surface area contributed by atoms with E-state index in [2.05, 4.69) is 34.3 Å². The zero-order valence-electron chi connectivity index (χ0n) is 16.6. The second-order valence-corrected chi connectivity index (χ2v) is 9.44. The van der Waals surface area contributed by atoms with Gasteiger partial charge in [0.1, 0.15) is 0 Å². The van der Waals surface area contributed by atoms with Crippen molar-refractivity contribution in [3.63, 3.8) is 0 Å². The van der Waals surface area contributed by atoms with Crippen LogP contribution < -0.4 is 27.9 Å². The van der Waals surface area contributed by atoms with Crippen LogP contribution >= 0.6 is 46.4 Å². The van der Waals surface area contributed by atoms with E-state index in [0.29, 0.717) is 26.3 Å². The van der Waals surface area contributed by atoms with Crippen molar-refractivity contribution in [3.8, 4) is 0 Å². The van der Waals surface area contributed by atoms with Crippen molar-refractivity contribution in [2.24, 2.45) is 22.6 Å². The van der Waals surface area contributed by atoms with Crippen LogP contribution in [0.4, 0.5) is 5.69 Å². The molecule has 0 aromatic heterocycles. The van der Waals surface area contributed by atoms with Gasteiger partial charge in [0.2, 0.25) is 5.96 Å². The molecule has 1 saturated carbocycles. The lowest BCUT2D eigenvalue weighted by atomic mass is 10.1. The summed E-state index contributed by atoms with van der Waals surface area (Å²) in [5, 5.41) is 4.93. The predicted molar refractivity (Wildman–Crippen MR) is 132 cm³/mol. The Morgan fingerprint density at radius 2 is 1.65 bits per heavy atom. The molecular formula is C21H22Cl4N6. The van der Waals surface area contributed by atoms with Crippen LogP contribution in [0.15, 0.2) is 60.2 Å². The Morgan fingerprint density at radius 3 is 2.23 bits per heavy atom. The Labute approximate surface area is 201 Å². The van der Waals surface area contributed by atoms with Gasteiger partial charge in [0.25, 0.3) is 0 Å². The highest BCUT2D eigenvalue weighted by atomic mass is 35.5. The Kier molecular flexibility index (Phi) is 7.11. The number of hydrogen-bond acceptors (Lipinski definition) is 4. The largest absolute Gasteiger partial charge is 0.359 e. The molecule has 0 bridgehead atoms. The summed E-state index contributed by atoms with van der Waals surface area (Å²) in [6.45, 7) is 10.1. The fraction of sp³-hybridized carbons (Fsp3) is 0.190. The minimum atomic E-state index is -0.518. The van der Waals surface area contributed by atoms with Gasteiger partial charge in [-0.05, 0) is 48.9 Å². The van der Waals surface area contributed by atoms with Crippen molar-refractivity contribution >= 4 is 63.7 Å². The lowest BCUT2D eigenvalue weighted by Crippen LogP contribution is -2.44. The highest BCUT2D eigenvalue weighted by molar-refractivity contribution is 6.35. The molecule has 7 N–H and O–H groups in total. The molecule has 0 radical (unpaired) electrons. The van der Waals surface area contributed by atoms with E-state index in [4.69, 9.17) is 58.1 Å². The normalized spacial score (nSPS) is 21.8. The van der Waals surface area contributed by atoms with Crippen molar-refractivity contribution in [1.29, 1.82) is 0 Å². The van der Waals surface area contributed by atoms with Crippen molar-refractivity contribution in [2.45, 2.75) is 17.7 Å². The Bertz CT molecular complexity index is 1040. The van der Waals surface area contributed by atoms with Gasteiger partial charge in [-0.2, -0.15) is 0 Å². The Morgan fingerprint density at radius 1 is 1.03 bits per heavy atom. The van der Waals surface area contributed by atoms with Gasteiger partial charge in [0, 0.05) is 38.8 Å². The van der Waals surface area contributed by atoms with Crippen molar-refractivity contribution < 1.29 is 0 Å². The summed E-state index contributed by atoms with van der Waals surface area (Å²) in [4.78, 5) is 3.65. The number of halogens is 4. The minimum Gasteiger partial charge on any atom is -0.359 e. The first-order valence-electron chi connectivity index (χ1n) is 9.20. The number of rotatable bonds is 6. The third kappa shape index (κ3) is 5.12. The number of hydrogen-bond donors (Lipinski definition) is 5. The van der Waals surface area contributed by atoms with E-state index in [9.17, 15) is 0 Å². The van der Waals surface area contributed by atoms with Crippen molar-refractivity contribution in [1.82, 2.24) is 10.9 Å². The van der Waals surface area contributed by atoms with Crippen LogP contribution in [0, 0.1) is 5.92 Å². The third-order valence-corrected chi connectivity index (χ3v) is 6.40. The van der Waals surface area contributed by atoms with Crippen LogP contribution in [0.2, 0.25) is 15.1 Å². The fourth-order valence-corrected chi connectivity index (χ4v) is 4.90. The number of alkyl halides is 1. The number of nitrogens with one attached hydrogen (secondary N) is 3. The van der Waals surface area contributed by atoms with Crippen molar-refractivity contribution in [2.75, 3.05) is 5.32 Å². The molecule has 0 saturated heterocycles. The molecule has 1 fully saturated rings. The molecule has 164 valence electrons. The average Bonchev–Trinajstić information content (AvgIpc) is 3.28. The highest BCUT2D eigenvalue weighted by Gasteiger charge is 2.62. The number of allylic oxidation sites excluding steroid dienone is 1. The molecule has 31 heavy (non-hydrogen) atoms. The number of anilines is 1. The summed E-state index contributed by atoms with van der Waals surface area (Å²) in [5.41, 5.74) is 8.10. The molecule has 0 aliphatic heterocycles. The number of aliphatic imine (C=N–C) groups is 1. The maximum absolute atomic E-state index is 6.79. The van der Waals surface area contributed by atoms with E-state index < -0.39 is 4.87 Å². The second kappa shape index (κ2) is 9.28. The summed E-state index contributed by atoms with van der Waals surface area (Å²) in [6, 6.07) is 10.8. The SMILES string of the molecule is C=C(N=C(NN)NN)c1cc(NC(=C)C2C(c3cc(Cl)cc(Cl)c3)C2(C)Cl)ccc1Cl. The molecule has 1 aliphatic rings. The first-order valence-corrected chi connectivity index (χ1v) is 10.7. The topological polar surface area (TPSA) is 100 Å². The van der Waals surface area contributed by atoms with Gasteiger partial charge in [0.05, 0.1) is 15.6 Å². The summed E-state index contributed by atoms with van der Waals surface area (Å²) in [6.07, 6.45) is 0. The van der Waals surface area contributed by atoms with E-state index in [-0.39, 0.29) is 17.8 Å². The molecular weight excluding hydrogens is 478 g/mol. The molecule has 0 heterocycles. The average molecular weight is 500 g/mol. The molecule has 0 amide bonds. The lowest BCUT2D eigenvalue weighted by molar-refractivity contribution is 0.897. The van der Waals surface area contributed by atoms with Gasteiger partial charge in [-0.25, -0.2) is 16.7 Å². The zero-order chi connectivity index (χ0) is 22.9. The highest BCUT2D eigenvalue weighted by Crippen LogP contribution is 2.64. The maximum Gasteiger partial charge on any atom is 0.225 e. The molecule has 3 rings (SSSR count).